The molecule has 5 rings (SSSR count). The highest BCUT2D eigenvalue weighted by Gasteiger charge is 2.32. The zero-order chi connectivity index (χ0) is 23.5. The Hall–Kier alpha value is -3.16. The third-order valence-corrected chi connectivity index (χ3v) is 7.26. The van der Waals surface area contributed by atoms with Gasteiger partial charge in [0.25, 0.3) is 5.91 Å². The first-order chi connectivity index (χ1) is 16.6. The van der Waals surface area contributed by atoms with Crippen LogP contribution in [-0.2, 0) is 11.3 Å². The van der Waals surface area contributed by atoms with Crippen LogP contribution in [0.25, 0.3) is 0 Å². The maximum Gasteiger partial charge on any atom is 0.251 e. The summed E-state index contributed by atoms with van der Waals surface area (Å²) in [7, 11) is 0. The molecule has 2 amide bonds. The maximum atomic E-state index is 12.7. The van der Waals surface area contributed by atoms with E-state index < -0.39 is 0 Å². The molecule has 8 heteroatoms. The predicted molar refractivity (Wildman–Crippen MR) is 132 cm³/mol. The molecule has 6 nitrogen and oxygen atoms in total. The van der Waals surface area contributed by atoms with Crippen molar-refractivity contribution in [2.75, 3.05) is 18.9 Å². The molecule has 34 heavy (non-hydrogen) atoms. The van der Waals surface area contributed by atoms with E-state index >= 15 is 0 Å². The second kappa shape index (κ2) is 9.99. The van der Waals surface area contributed by atoms with Gasteiger partial charge >= 0.3 is 0 Å². The van der Waals surface area contributed by atoms with Crippen LogP contribution in [0.1, 0.15) is 26.9 Å². The summed E-state index contributed by atoms with van der Waals surface area (Å²) in [6.07, 6.45) is -0.250. The van der Waals surface area contributed by atoms with Crippen LogP contribution in [0.15, 0.2) is 72.8 Å². The first kappa shape index (κ1) is 22.6. The van der Waals surface area contributed by atoms with Crippen LogP contribution in [0.4, 0.5) is 0 Å². The molecule has 0 aliphatic carbocycles. The largest absolute Gasteiger partial charge is 0.486 e. The zero-order valence-corrected chi connectivity index (χ0v) is 19.9. The van der Waals surface area contributed by atoms with Gasteiger partial charge in [-0.2, -0.15) is 0 Å². The lowest BCUT2D eigenvalue weighted by molar-refractivity contribution is -0.128. The predicted octanol–water partition coefficient (Wildman–Crippen LogP) is 4.68. The Bertz CT molecular complexity index is 1190. The van der Waals surface area contributed by atoms with Gasteiger partial charge in [-0.15, -0.1) is 11.8 Å². The molecule has 2 atom stereocenters. The van der Waals surface area contributed by atoms with Gasteiger partial charge in [0, 0.05) is 17.1 Å². The number of nitrogens with zero attached hydrogens (tertiary/aromatic N) is 1. The van der Waals surface area contributed by atoms with Crippen molar-refractivity contribution < 1.29 is 19.1 Å². The highest BCUT2D eigenvalue weighted by Crippen LogP contribution is 2.39. The summed E-state index contributed by atoms with van der Waals surface area (Å²) in [5, 5.41) is 3.50. The van der Waals surface area contributed by atoms with E-state index in [0.29, 0.717) is 47.5 Å². The second-order valence-corrected chi connectivity index (χ2v) is 9.65. The number of ether oxygens (including phenoxy) is 2. The smallest absolute Gasteiger partial charge is 0.251 e. The van der Waals surface area contributed by atoms with Crippen LogP contribution < -0.4 is 14.8 Å². The van der Waals surface area contributed by atoms with E-state index in [1.54, 1.807) is 23.9 Å². The lowest BCUT2D eigenvalue weighted by atomic mass is 10.1. The molecule has 174 valence electrons. The molecule has 2 heterocycles. The van der Waals surface area contributed by atoms with Gasteiger partial charge in [0.05, 0.1) is 12.3 Å². The van der Waals surface area contributed by atoms with Crippen molar-refractivity contribution in [3.8, 4) is 11.5 Å². The highest BCUT2D eigenvalue weighted by atomic mass is 35.5. The number of amides is 2. The van der Waals surface area contributed by atoms with Crippen molar-refractivity contribution >= 4 is 35.2 Å². The van der Waals surface area contributed by atoms with E-state index in [4.69, 9.17) is 21.1 Å². The van der Waals surface area contributed by atoms with E-state index in [1.807, 2.05) is 65.6 Å². The quantitative estimate of drug-likeness (QED) is 0.538. The summed E-state index contributed by atoms with van der Waals surface area (Å²) >= 11 is 7.57. The number of hydrogen-bond acceptors (Lipinski definition) is 5. The molecular formula is C26H23ClN2O4S. The van der Waals surface area contributed by atoms with Gasteiger partial charge in [0.2, 0.25) is 5.91 Å². The lowest BCUT2D eigenvalue weighted by Crippen LogP contribution is -2.40. The first-order valence-corrected chi connectivity index (χ1v) is 12.4. The Balaban J connectivity index is 1.19. The van der Waals surface area contributed by atoms with Gasteiger partial charge in [-0.3, -0.25) is 9.59 Å². The Morgan fingerprint density at radius 3 is 2.53 bits per heavy atom. The normalized spacial score (nSPS) is 19.2. The Morgan fingerprint density at radius 2 is 1.76 bits per heavy atom. The number of thioether (sulfide) groups is 1. The molecular weight excluding hydrogens is 472 g/mol. The Labute approximate surface area is 207 Å². The van der Waals surface area contributed by atoms with E-state index in [9.17, 15) is 9.59 Å². The van der Waals surface area contributed by atoms with Crippen molar-refractivity contribution in [2.24, 2.45) is 0 Å². The molecule has 0 aromatic heterocycles. The standard InChI is InChI=1S/C26H23ClN2O4S/c27-20-11-5-17(6-12-20)14-29-24(30)16-34-26(29)19-9-7-18(8-10-19)25(31)28-13-21-15-32-22-3-1-2-4-23(22)33-21/h1-12,21,26H,13-16H2,(H,28,31)/t21-,26+/m0/s1. The monoisotopic (exact) mass is 494 g/mol. The van der Waals surface area contributed by atoms with Crippen LogP contribution in [0.2, 0.25) is 5.02 Å². The minimum absolute atomic E-state index is 0.0897. The van der Waals surface area contributed by atoms with Gasteiger partial charge in [0.15, 0.2) is 11.5 Å². The van der Waals surface area contributed by atoms with Gasteiger partial charge in [-0.25, -0.2) is 0 Å². The highest BCUT2D eigenvalue weighted by molar-refractivity contribution is 8.00. The maximum absolute atomic E-state index is 12.7. The molecule has 1 saturated heterocycles. The average Bonchev–Trinajstić information content (AvgIpc) is 3.23. The number of rotatable bonds is 6. The number of para-hydroxylation sites is 2. The van der Waals surface area contributed by atoms with Crippen LogP contribution in [0, 0.1) is 0 Å². The molecule has 3 aromatic carbocycles. The third-order valence-electron chi connectivity index (χ3n) is 5.75. The fraction of sp³-hybridized carbons (Fsp3) is 0.231. The van der Waals surface area contributed by atoms with Crippen molar-refractivity contribution in [1.82, 2.24) is 10.2 Å². The number of carbonyl (C=O) groups excluding carboxylic acids is 2. The van der Waals surface area contributed by atoms with E-state index in [1.165, 1.54) is 0 Å². The van der Waals surface area contributed by atoms with Crippen molar-refractivity contribution in [2.45, 2.75) is 18.0 Å². The molecule has 2 aliphatic rings. The van der Waals surface area contributed by atoms with E-state index in [0.717, 1.165) is 11.1 Å². The number of hydrogen-bond donors (Lipinski definition) is 1. The summed E-state index contributed by atoms with van der Waals surface area (Å²) in [4.78, 5) is 27.0. The van der Waals surface area contributed by atoms with E-state index in [-0.39, 0.29) is 23.3 Å². The number of carbonyl (C=O) groups is 2. The van der Waals surface area contributed by atoms with Crippen LogP contribution >= 0.6 is 23.4 Å². The molecule has 1 N–H and O–H groups in total. The topological polar surface area (TPSA) is 67.9 Å². The average molecular weight is 495 g/mol. The van der Waals surface area contributed by atoms with Crippen molar-refractivity contribution in [1.29, 1.82) is 0 Å². The number of halogens is 1. The molecule has 1 fully saturated rings. The van der Waals surface area contributed by atoms with Gasteiger partial charge < -0.3 is 19.7 Å². The zero-order valence-electron chi connectivity index (χ0n) is 18.3. The minimum atomic E-state index is -0.250. The molecule has 3 aromatic rings. The first-order valence-electron chi connectivity index (χ1n) is 11.0. The molecule has 0 bridgehead atoms. The van der Waals surface area contributed by atoms with Gasteiger partial charge in [0.1, 0.15) is 18.1 Å². The number of nitrogens with one attached hydrogen (secondary N) is 1. The fourth-order valence-electron chi connectivity index (χ4n) is 3.96. The Morgan fingerprint density at radius 1 is 1.03 bits per heavy atom. The molecule has 0 saturated carbocycles. The molecule has 0 radical (unpaired) electrons. The number of benzene rings is 3. The summed E-state index contributed by atoms with van der Waals surface area (Å²) in [6, 6.07) is 22.4. The second-order valence-electron chi connectivity index (χ2n) is 8.14. The van der Waals surface area contributed by atoms with Crippen molar-refractivity contribution in [3.05, 3.63) is 94.5 Å². The van der Waals surface area contributed by atoms with Crippen LogP contribution in [0.3, 0.4) is 0 Å². The molecule has 0 spiro atoms. The summed E-state index contributed by atoms with van der Waals surface area (Å²) < 4.78 is 11.6. The summed E-state index contributed by atoms with van der Waals surface area (Å²) in [5.74, 6) is 1.76. The Kier molecular flexibility index (Phi) is 6.65. The van der Waals surface area contributed by atoms with Gasteiger partial charge in [-0.1, -0.05) is 48.0 Å². The third kappa shape index (κ3) is 5.00. The molecule has 0 unspecified atom stereocenters. The lowest BCUT2D eigenvalue weighted by Gasteiger charge is -2.26. The number of fused-ring (bicyclic) bond motifs is 1. The van der Waals surface area contributed by atoms with Crippen LogP contribution in [0.5, 0.6) is 11.5 Å². The summed E-state index contributed by atoms with van der Waals surface area (Å²) in [6.45, 7) is 1.24. The van der Waals surface area contributed by atoms with Crippen molar-refractivity contribution in [3.63, 3.8) is 0 Å². The molecule has 2 aliphatic heterocycles. The van der Waals surface area contributed by atoms with Crippen LogP contribution in [-0.4, -0.2) is 41.7 Å². The minimum Gasteiger partial charge on any atom is -0.486 e. The summed E-state index contributed by atoms with van der Waals surface area (Å²) in [5.41, 5.74) is 2.57. The SMILES string of the molecule is O=C(NC[C@H]1COc2ccccc2O1)c1ccc([C@H]2SCC(=O)N2Cc2ccc(Cl)cc2)cc1. The van der Waals surface area contributed by atoms with Gasteiger partial charge in [-0.05, 0) is 47.5 Å². The fourth-order valence-corrected chi connectivity index (χ4v) is 5.27. The van der Waals surface area contributed by atoms with E-state index in [2.05, 4.69) is 5.32 Å².